The van der Waals surface area contributed by atoms with E-state index >= 15 is 0 Å². The number of carbonyl (C=O) groups is 1. The zero-order valence-corrected chi connectivity index (χ0v) is 12.9. The summed E-state index contributed by atoms with van der Waals surface area (Å²) in [5.74, 6) is -1.02. The van der Waals surface area contributed by atoms with E-state index in [4.69, 9.17) is 5.11 Å². The number of thiophene rings is 1. The quantitative estimate of drug-likeness (QED) is 0.741. The molecule has 6 heteroatoms. The first-order chi connectivity index (χ1) is 10.3. The number of hydrogen-bond donors (Lipinski definition) is 1. The number of halogens is 3. The smallest absolute Gasteiger partial charge is 0.416 e. The van der Waals surface area contributed by atoms with Crippen LogP contribution in [0.1, 0.15) is 49.0 Å². The lowest BCUT2D eigenvalue weighted by atomic mass is 9.96. The number of benzene rings is 1. The van der Waals surface area contributed by atoms with Crippen LogP contribution in [0.3, 0.4) is 0 Å². The Labute approximate surface area is 130 Å². The van der Waals surface area contributed by atoms with Gasteiger partial charge in [-0.3, -0.25) is 4.79 Å². The summed E-state index contributed by atoms with van der Waals surface area (Å²) >= 11 is 1.26. The molecule has 0 aliphatic carbocycles. The van der Waals surface area contributed by atoms with Gasteiger partial charge in [0.05, 0.1) is 12.0 Å². The molecule has 1 N–H and O–H groups in total. The van der Waals surface area contributed by atoms with Crippen molar-refractivity contribution in [3.05, 3.63) is 34.7 Å². The molecule has 0 bridgehead atoms. The monoisotopic (exact) mass is 330 g/mol. The molecule has 0 saturated carbocycles. The summed E-state index contributed by atoms with van der Waals surface area (Å²) in [6, 6.07) is 5.48. The second kappa shape index (κ2) is 6.69. The van der Waals surface area contributed by atoms with E-state index in [9.17, 15) is 18.0 Å². The number of hydrogen-bond acceptors (Lipinski definition) is 2. The third kappa shape index (κ3) is 4.00. The van der Waals surface area contributed by atoms with Gasteiger partial charge in [-0.15, -0.1) is 11.3 Å². The van der Waals surface area contributed by atoms with Crippen molar-refractivity contribution >= 4 is 27.4 Å². The highest BCUT2D eigenvalue weighted by Crippen LogP contribution is 2.38. The largest absolute Gasteiger partial charge is 0.481 e. The van der Waals surface area contributed by atoms with Gasteiger partial charge in [0.1, 0.15) is 0 Å². The predicted octanol–water partition coefficient (Wildman–Crippen LogP) is 5.67. The molecule has 0 radical (unpaired) electrons. The summed E-state index contributed by atoms with van der Waals surface area (Å²) in [4.78, 5) is 11.9. The third-order valence-electron chi connectivity index (χ3n) is 3.60. The van der Waals surface area contributed by atoms with Crippen molar-refractivity contribution < 1.29 is 23.1 Å². The van der Waals surface area contributed by atoms with Crippen LogP contribution in [0.25, 0.3) is 10.1 Å². The van der Waals surface area contributed by atoms with Gasteiger partial charge in [-0.1, -0.05) is 25.8 Å². The van der Waals surface area contributed by atoms with Crippen molar-refractivity contribution in [1.82, 2.24) is 0 Å². The maximum absolute atomic E-state index is 12.7. The normalized spacial score (nSPS) is 13.5. The maximum Gasteiger partial charge on any atom is 0.416 e. The van der Waals surface area contributed by atoms with E-state index in [-0.39, 0.29) is 12.3 Å². The molecule has 1 unspecified atom stereocenters. The SMILES string of the molecule is CCCCC(CC(=O)O)c1cc2ccc(C(F)(F)F)cc2s1. The van der Waals surface area contributed by atoms with Crippen molar-refractivity contribution in [3.8, 4) is 0 Å². The van der Waals surface area contributed by atoms with Gasteiger partial charge in [0.15, 0.2) is 0 Å². The Hall–Kier alpha value is -1.56. The summed E-state index contributed by atoms with van der Waals surface area (Å²) in [7, 11) is 0. The molecule has 1 aromatic heterocycles. The van der Waals surface area contributed by atoms with Gasteiger partial charge in [0.25, 0.3) is 0 Å². The van der Waals surface area contributed by atoms with Gasteiger partial charge < -0.3 is 5.11 Å². The van der Waals surface area contributed by atoms with E-state index in [1.807, 2.05) is 13.0 Å². The molecule has 0 aliphatic rings. The lowest BCUT2D eigenvalue weighted by Gasteiger charge is -2.11. The number of rotatable bonds is 6. The van der Waals surface area contributed by atoms with Crippen LogP contribution in [-0.2, 0) is 11.0 Å². The summed E-state index contributed by atoms with van der Waals surface area (Å²) in [6.45, 7) is 2.03. The average molecular weight is 330 g/mol. The zero-order valence-electron chi connectivity index (χ0n) is 12.1. The van der Waals surface area contributed by atoms with Crippen LogP contribution in [0.4, 0.5) is 13.2 Å². The molecule has 22 heavy (non-hydrogen) atoms. The van der Waals surface area contributed by atoms with E-state index in [1.165, 1.54) is 17.4 Å². The number of unbranched alkanes of at least 4 members (excludes halogenated alkanes) is 1. The molecule has 0 spiro atoms. The molecule has 0 fully saturated rings. The first kappa shape index (κ1) is 16.8. The lowest BCUT2D eigenvalue weighted by Crippen LogP contribution is -2.05. The molecule has 120 valence electrons. The fourth-order valence-corrected chi connectivity index (χ4v) is 3.67. The minimum Gasteiger partial charge on any atom is -0.481 e. The Morgan fingerprint density at radius 1 is 1.32 bits per heavy atom. The van der Waals surface area contributed by atoms with Crippen molar-refractivity contribution in [3.63, 3.8) is 0 Å². The predicted molar refractivity (Wildman–Crippen MR) is 81.3 cm³/mol. The van der Waals surface area contributed by atoms with Crippen LogP contribution in [0.15, 0.2) is 24.3 Å². The number of carboxylic acid groups (broad SMARTS) is 1. The van der Waals surface area contributed by atoms with Crippen LogP contribution in [0.2, 0.25) is 0 Å². The van der Waals surface area contributed by atoms with Gasteiger partial charge in [-0.2, -0.15) is 13.2 Å². The summed E-state index contributed by atoms with van der Waals surface area (Å²) in [5, 5.41) is 9.76. The van der Waals surface area contributed by atoms with Crippen LogP contribution in [0.5, 0.6) is 0 Å². The van der Waals surface area contributed by atoms with Crippen molar-refractivity contribution in [2.45, 2.75) is 44.7 Å². The Bertz CT molecular complexity index is 661. The fourth-order valence-electron chi connectivity index (χ4n) is 2.44. The van der Waals surface area contributed by atoms with Crippen LogP contribution < -0.4 is 0 Å². The van der Waals surface area contributed by atoms with Gasteiger partial charge in [0.2, 0.25) is 0 Å². The molecule has 0 amide bonds. The maximum atomic E-state index is 12.7. The molecule has 2 rings (SSSR count). The molecule has 0 saturated heterocycles. The highest BCUT2D eigenvalue weighted by Gasteiger charge is 2.30. The van der Waals surface area contributed by atoms with Crippen molar-refractivity contribution in [2.24, 2.45) is 0 Å². The zero-order chi connectivity index (χ0) is 16.3. The minimum absolute atomic E-state index is 0.0128. The van der Waals surface area contributed by atoms with E-state index in [1.54, 1.807) is 0 Å². The first-order valence-corrected chi connectivity index (χ1v) is 7.95. The minimum atomic E-state index is -4.36. The van der Waals surface area contributed by atoms with Crippen LogP contribution in [0, 0.1) is 0 Å². The Kier molecular flexibility index (Phi) is 5.11. The molecule has 2 nitrogen and oxygen atoms in total. The third-order valence-corrected chi connectivity index (χ3v) is 4.86. The Balaban J connectivity index is 2.35. The van der Waals surface area contributed by atoms with E-state index in [0.717, 1.165) is 41.7 Å². The van der Waals surface area contributed by atoms with Gasteiger partial charge in [-0.25, -0.2) is 0 Å². The highest BCUT2D eigenvalue weighted by molar-refractivity contribution is 7.19. The second-order valence-corrected chi connectivity index (χ2v) is 6.45. The summed E-state index contributed by atoms with van der Waals surface area (Å²) < 4.78 is 38.8. The molecular weight excluding hydrogens is 313 g/mol. The van der Waals surface area contributed by atoms with Crippen molar-refractivity contribution in [2.75, 3.05) is 0 Å². The van der Waals surface area contributed by atoms with E-state index in [0.29, 0.717) is 4.70 Å². The lowest BCUT2D eigenvalue weighted by molar-refractivity contribution is -0.138. The average Bonchev–Trinajstić information content (AvgIpc) is 2.84. The molecule has 1 atom stereocenters. The number of aliphatic carboxylic acids is 1. The van der Waals surface area contributed by atoms with Gasteiger partial charge in [0, 0.05) is 15.5 Å². The highest BCUT2D eigenvalue weighted by atomic mass is 32.1. The number of carboxylic acids is 1. The van der Waals surface area contributed by atoms with Crippen LogP contribution in [-0.4, -0.2) is 11.1 Å². The van der Waals surface area contributed by atoms with Crippen molar-refractivity contribution in [1.29, 1.82) is 0 Å². The van der Waals surface area contributed by atoms with Gasteiger partial charge >= 0.3 is 12.1 Å². The molecular formula is C16H17F3O2S. The number of alkyl halides is 3. The molecule has 1 heterocycles. The second-order valence-electron chi connectivity index (χ2n) is 5.34. The molecule has 1 aromatic carbocycles. The van der Waals surface area contributed by atoms with Crippen LogP contribution >= 0.6 is 11.3 Å². The summed E-state index contributed by atoms with van der Waals surface area (Å²) in [5.41, 5.74) is -0.670. The Morgan fingerprint density at radius 3 is 2.64 bits per heavy atom. The van der Waals surface area contributed by atoms with Gasteiger partial charge in [-0.05, 0) is 30.0 Å². The molecule has 0 aliphatic heterocycles. The standard InChI is InChI=1S/C16H17F3O2S/c1-2-3-4-10(8-15(20)21)13-7-11-5-6-12(16(17,18)19)9-14(11)22-13/h5-7,9-10H,2-4,8H2,1H3,(H,20,21). The topological polar surface area (TPSA) is 37.3 Å². The fraction of sp³-hybridized carbons (Fsp3) is 0.438. The van der Waals surface area contributed by atoms with E-state index < -0.39 is 17.7 Å². The molecule has 2 aromatic rings. The Morgan fingerprint density at radius 2 is 2.05 bits per heavy atom. The first-order valence-electron chi connectivity index (χ1n) is 7.13. The summed E-state index contributed by atoms with van der Waals surface area (Å²) in [6.07, 6.45) is -1.75. The van der Waals surface area contributed by atoms with E-state index in [2.05, 4.69) is 0 Å². The number of fused-ring (bicyclic) bond motifs is 1.